The Morgan fingerprint density at radius 2 is 1.81 bits per heavy atom. The van der Waals surface area contributed by atoms with E-state index in [-0.39, 0.29) is 0 Å². The number of methoxy groups -OCH3 is 2. The maximum absolute atomic E-state index is 6.37. The fraction of sp³-hybridized carbons (Fsp3) is 0.294. The quantitative estimate of drug-likeness (QED) is 0.904. The molecule has 0 bridgehead atoms. The average Bonchev–Trinajstić information content (AvgIpc) is 2.49. The topological polar surface area (TPSA) is 30.5 Å². The van der Waals surface area contributed by atoms with Gasteiger partial charge in [-0.3, -0.25) is 0 Å². The number of hydrogen-bond donors (Lipinski definition) is 1. The van der Waals surface area contributed by atoms with Gasteiger partial charge >= 0.3 is 0 Å². The third kappa shape index (κ3) is 3.14. The van der Waals surface area contributed by atoms with Crippen LogP contribution in [0.4, 0.5) is 0 Å². The molecule has 4 heteroatoms. The summed E-state index contributed by atoms with van der Waals surface area (Å²) in [5.41, 5.74) is 4.48. The summed E-state index contributed by atoms with van der Waals surface area (Å²) in [6, 6.07) is 10.2. The largest absolute Gasteiger partial charge is 0.495 e. The van der Waals surface area contributed by atoms with E-state index in [0.717, 1.165) is 17.7 Å². The van der Waals surface area contributed by atoms with E-state index in [4.69, 9.17) is 21.1 Å². The molecule has 0 aliphatic carbocycles. The van der Waals surface area contributed by atoms with Crippen LogP contribution in [-0.2, 0) is 6.54 Å². The van der Waals surface area contributed by atoms with Crippen molar-refractivity contribution in [2.75, 3.05) is 21.3 Å². The summed E-state index contributed by atoms with van der Waals surface area (Å²) in [6.07, 6.45) is 0. The van der Waals surface area contributed by atoms with Gasteiger partial charge in [0.15, 0.2) is 0 Å². The number of halogens is 1. The van der Waals surface area contributed by atoms with Crippen LogP contribution in [0, 0.1) is 6.92 Å². The third-order valence-corrected chi connectivity index (χ3v) is 3.77. The van der Waals surface area contributed by atoms with Crippen LogP contribution in [0.15, 0.2) is 30.3 Å². The summed E-state index contributed by atoms with van der Waals surface area (Å²) in [7, 11) is 5.15. The van der Waals surface area contributed by atoms with Crippen LogP contribution in [0.5, 0.6) is 11.5 Å². The summed E-state index contributed by atoms with van der Waals surface area (Å²) in [4.78, 5) is 0. The van der Waals surface area contributed by atoms with Crippen LogP contribution >= 0.6 is 11.6 Å². The molecule has 0 spiro atoms. The Balaban J connectivity index is 2.66. The van der Waals surface area contributed by atoms with Gasteiger partial charge in [0.1, 0.15) is 16.5 Å². The van der Waals surface area contributed by atoms with Gasteiger partial charge in [0.25, 0.3) is 0 Å². The molecule has 21 heavy (non-hydrogen) atoms. The highest BCUT2D eigenvalue weighted by molar-refractivity contribution is 6.34. The molecule has 0 heterocycles. The van der Waals surface area contributed by atoms with Crippen molar-refractivity contribution >= 4 is 11.6 Å². The summed E-state index contributed by atoms with van der Waals surface area (Å²) in [5, 5.41) is 3.68. The predicted molar refractivity (Wildman–Crippen MR) is 87.5 cm³/mol. The minimum atomic E-state index is 0.495. The Kier molecular flexibility index (Phi) is 5.10. The lowest BCUT2D eigenvalue weighted by Gasteiger charge is -2.16. The standard InChI is InChI=1S/C17H20ClNO2/c1-11-5-6-12(10-19-2)14(9-11)13-7-8-15(20-3)16(18)17(13)21-4/h5-9,19H,10H2,1-4H3. The smallest absolute Gasteiger partial charge is 0.149 e. The third-order valence-electron chi connectivity index (χ3n) is 3.41. The molecule has 0 saturated carbocycles. The van der Waals surface area contributed by atoms with Crippen molar-refractivity contribution in [3.05, 3.63) is 46.5 Å². The Morgan fingerprint density at radius 1 is 1.05 bits per heavy atom. The second-order valence-corrected chi connectivity index (χ2v) is 5.23. The van der Waals surface area contributed by atoms with Gasteiger partial charge in [-0.05, 0) is 37.2 Å². The van der Waals surface area contributed by atoms with E-state index < -0.39 is 0 Å². The number of rotatable bonds is 5. The summed E-state index contributed by atoms with van der Waals surface area (Å²) < 4.78 is 10.8. The van der Waals surface area contributed by atoms with Crippen molar-refractivity contribution in [2.24, 2.45) is 0 Å². The Bertz CT molecular complexity index is 641. The van der Waals surface area contributed by atoms with E-state index in [1.165, 1.54) is 11.1 Å². The van der Waals surface area contributed by atoms with E-state index in [1.54, 1.807) is 14.2 Å². The average molecular weight is 306 g/mol. The fourth-order valence-electron chi connectivity index (χ4n) is 2.39. The van der Waals surface area contributed by atoms with Crippen molar-refractivity contribution in [3.63, 3.8) is 0 Å². The molecule has 0 aliphatic rings. The van der Waals surface area contributed by atoms with Crippen LogP contribution < -0.4 is 14.8 Å². The molecule has 0 atom stereocenters. The first-order valence-corrected chi connectivity index (χ1v) is 7.15. The van der Waals surface area contributed by atoms with Crippen molar-refractivity contribution in [2.45, 2.75) is 13.5 Å². The molecule has 0 aliphatic heterocycles. The highest BCUT2D eigenvalue weighted by Gasteiger charge is 2.16. The fourth-order valence-corrected chi connectivity index (χ4v) is 2.71. The minimum absolute atomic E-state index is 0.495. The lowest BCUT2D eigenvalue weighted by molar-refractivity contribution is 0.396. The van der Waals surface area contributed by atoms with Gasteiger partial charge in [0, 0.05) is 12.1 Å². The highest BCUT2D eigenvalue weighted by Crippen LogP contribution is 2.42. The first-order chi connectivity index (χ1) is 10.1. The lowest BCUT2D eigenvalue weighted by atomic mass is 9.96. The first kappa shape index (κ1) is 15.7. The zero-order valence-electron chi connectivity index (χ0n) is 12.8. The number of aryl methyl sites for hydroxylation is 1. The van der Waals surface area contributed by atoms with E-state index in [1.807, 2.05) is 19.2 Å². The normalized spacial score (nSPS) is 10.5. The van der Waals surface area contributed by atoms with Gasteiger partial charge in [-0.25, -0.2) is 0 Å². The molecular weight excluding hydrogens is 286 g/mol. The van der Waals surface area contributed by atoms with Crippen molar-refractivity contribution in [1.29, 1.82) is 0 Å². The molecule has 0 aromatic heterocycles. The molecule has 0 amide bonds. The summed E-state index contributed by atoms with van der Waals surface area (Å²) in [5.74, 6) is 1.25. The van der Waals surface area contributed by atoms with E-state index in [9.17, 15) is 0 Å². The molecule has 2 aromatic rings. The van der Waals surface area contributed by atoms with E-state index in [2.05, 4.69) is 30.4 Å². The summed E-state index contributed by atoms with van der Waals surface area (Å²) >= 11 is 6.37. The molecule has 0 saturated heterocycles. The second kappa shape index (κ2) is 6.83. The van der Waals surface area contributed by atoms with Gasteiger partial charge in [-0.2, -0.15) is 0 Å². The molecule has 2 aromatic carbocycles. The first-order valence-electron chi connectivity index (χ1n) is 6.77. The molecule has 112 valence electrons. The SMILES string of the molecule is CNCc1ccc(C)cc1-c1ccc(OC)c(Cl)c1OC. The van der Waals surface area contributed by atoms with Crippen LogP contribution in [0.2, 0.25) is 5.02 Å². The second-order valence-electron chi connectivity index (χ2n) is 4.85. The molecule has 0 fully saturated rings. The van der Waals surface area contributed by atoms with Gasteiger partial charge in [-0.15, -0.1) is 0 Å². The van der Waals surface area contributed by atoms with Gasteiger partial charge in [0.2, 0.25) is 0 Å². The monoisotopic (exact) mass is 305 g/mol. The molecule has 1 N–H and O–H groups in total. The maximum Gasteiger partial charge on any atom is 0.149 e. The van der Waals surface area contributed by atoms with Crippen molar-refractivity contribution in [3.8, 4) is 22.6 Å². The molecule has 2 rings (SSSR count). The van der Waals surface area contributed by atoms with Crippen molar-refractivity contribution in [1.82, 2.24) is 5.32 Å². The number of benzene rings is 2. The number of hydrogen-bond acceptors (Lipinski definition) is 3. The lowest BCUT2D eigenvalue weighted by Crippen LogP contribution is -2.07. The van der Waals surface area contributed by atoms with Gasteiger partial charge < -0.3 is 14.8 Å². The summed E-state index contributed by atoms with van der Waals surface area (Å²) in [6.45, 7) is 2.85. The van der Waals surface area contributed by atoms with E-state index in [0.29, 0.717) is 16.5 Å². The molecule has 0 unspecified atom stereocenters. The van der Waals surface area contributed by atoms with Crippen LogP contribution in [-0.4, -0.2) is 21.3 Å². The Labute approximate surface area is 130 Å². The number of nitrogens with one attached hydrogen (secondary N) is 1. The molecule has 0 radical (unpaired) electrons. The van der Waals surface area contributed by atoms with Crippen LogP contribution in [0.25, 0.3) is 11.1 Å². The zero-order valence-corrected chi connectivity index (χ0v) is 13.5. The van der Waals surface area contributed by atoms with Gasteiger partial charge in [-0.1, -0.05) is 35.4 Å². The molecular formula is C17H20ClNO2. The van der Waals surface area contributed by atoms with Crippen molar-refractivity contribution < 1.29 is 9.47 Å². The zero-order chi connectivity index (χ0) is 15.4. The Morgan fingerprint density at radius 3 is 2.43 bits per heavy atom. The van der Waals surface area contributed by atoms with Crippen LogP contribution in [0.1, 0.15) is 11.1 Å². The van der Waals surface area contributed by atoms with Crippen LogP contribution in [0.3, 0.4) is 0 Å². The predicted octanol–water partition coefficient (Wildman–Crippen LogP) is 4.05. The highest BCUT2D eigenvalue weighted by atomic mass is 35.5. The van der Waals surface area contributed by atoms with E-state index >= 15 is 0 Å². The Hall–Kier alpha value is -1.71. The maximum atomic E-state index is 6.37. The number of ether oxygens (including phenoxy) is 2. The minimum Gasteiger partial charge on any atom is -0.495 e. The van der Waals surface area contributed by atoms with Gasteiger partial charge in [0.05, 0.1) is 14.2 Å². The molecule has 3 nitrogen and oxygen atoms in total.